The van der Waals surface area contributed by atoms with Crippen molar-refractivity contribution < 1.29 is 9.59 Å². The molecule has 0 N–H and O–H groups in total. The number of anilines is 1. The highest BCUT2D eigenvalue weighted by molar-refractivity contribution is 6.28. The van der Waals surface area contributed by atoms with E-state index in [0.717, 1.165) is 18.4 Å². The molecule has 0 fully saturated rings. The van der Waals surface area contributed by atoms with E-state index < -0.39 is 0 Å². The van der Waals surface area contributed by atoms with Crippen LogP contribution < -0.4 is 4.90 Å². The molecule has 0 unspecified atom stereocenters. The summed E-state index contributed by atoms with van der Waals surface area (Å²) in [6, 6.07) is 5.89. The summed E-state index contributed by atoms with van der Waals surface area (Å²) >= 11 is 0. The van der Waals surface area contributed by atoms with Gasteiger partial charge in [0.15, 0.2) is 0 Å². The molecule has 0 spiro atoms. The number of nitrogens with zero attached hydrogens (tertiary/aromatic N) is 1. The molecule has 3 nitrogen and oxygen atoms in total. The van der Waals surface area contributed by atoms with Crippen LogP contribution in [0.3, 0.4) is 0 Å². The molecule has 0 saturated carbocycles. The first-order valence-corrected chi connectivity index (χ1v) is 5.85. The first-order valence-electron chi connectivity index (χ1n) is 5.85. The van der Waals surface area contributed by atoms with E-state index in [1.807, 2.05) is 19.1 Å². The molecular formula is C14H15NO2. The van der Waals surface area contributed by atoms with Gasteiger partial charge in [0.25, 0.3) is 11.8 Å². The Morgan fingerprint density at radius 2 is 1.65 bits per heavy atom. The fraction of sp³-hybridized carbons (Fsp3) is 0.286. The van der Waals surface area contributed by atoms with Crippen LogP contribution in [0.1, 0.15) is 25.0 Å². The molecule has 1 aromatic carbocycles. The lowest BCUT2D eigenvalue weighted by molar-refractivity contribution is -0.119. The second-order valence-corrected chi connectivity index (χ2v) is 4.02. The number of imide groups is 1. The van der Waals surface area contributed by atoms with Crippen molar-refractivity contribution in [2.24, 2.45) is 0 Å². The van der Waals surface area contributed by atoms with Crippen molar-refractivity contribution in [2.75, 3.05) is 4.90 Å². The average molecular weight is 229 g/mol. The predicted octanol–water partition coefficient (Wildman–Crippen LogP) is 2.24. The van der Waals surface area contributed by atoms with Crippen LogP contribution in [-0.4, -0.2) is 11.8 Å². The van der Waals surface area contributed by atoms with E-state index in [1.54, 1.807) is 0 Å². The van der Waals surface area contributed by atoms with Gasteiger partial charge >= 0.3 is 0 Å². The normalized spacial score (nSPS) is 14.8. The molecule has 0 atom stereocenters. The maximum Gasteiger partial charge on any atom is 0.258 e. The number of hydrogen-bond acceptors (Lipinski definition) is 2. The minimum absolute atomic E-state index is 0.256. The lowest BCUT2D eigenvalue weighted by Crippen LogP contribution is -2.30. The van der Waals surface area contributed by atoms with E-state index in [9.17, 15) is 9.59 Å². The highest BCUT2D eigenvalue weighted by Gasteiger charge is 2.26. The molecule has 1 aliphatic rings. The van der Waals surface area contributed by atoms with Crippen LogP contribution in [0, 0.1) is 0 Å². The van der Waals surface area contributed by atoms with E-state index in [4.69, 9.17) is 0 Å². The molecule has 2 amide bonds. The van der Waals surface area contributed by atoms with Crippen molar-refractivity contribution in [1.29, 1.82) is 0 Å². The van der Waals surface area contributed by atoms with E-state index in [-0.39, 0.29) is 11.8 Å². The monoisotopic (exact) mass is 229 g/mol. The summed E-state index contributed by atoms with van der Waals surface area (Å²) in [5, 5.41) is 0. The van der Waals surface area contributed by atoms with Gasteiger partial charge in [-0.1, -0.05) is 26.0 Å². The van der Waals surface area contributed by atoms with E-state index in [2.05, 4.69) is 13.0 Å². The smallest absolute Gasteiger partial charge is 0.258 e. The number of amides is 2. The molecule has 17 heavy (non-hydrogen) atoms. The van der Waals surface area contributed by atoms with Crippen molar-refractivity contribution >= 4 is 17.5 Å². The standard InChI is InChI=1S/C14H15NO2/c1-3-10-5-6-12(11(4-2)9-10)15-13(16)7-8-14(15)17/h5-9H,3-4H2,1-2H3. The summed E-state index contributed by atoms with van der Waals surface area (Å²) in [6.07, 6.45) is 4.39. The maximum absolute atomic E-state index is 11.6. The van der Waals surface area contributed by atoms with Gasteiger partial charge in [0.1, 0.15) is 0 Å². The fourth-order valence-corrected chi connectivity index (χ4v) is 2.00. The van der Waals surface area contributed by atoms with Crippen LogP contribution in [-0.2, 0) is 22.4 Å². The number of rotatable bonds is 3. The summed E-state index contributed by atoms with van der Waals surface area (Å²) in [4.78, 5) is 24.5. The van der Waals surface area contributed by atoms with Gasteiger partial charge in [-0.15, -0.1) is 0 Å². The third-order valence-corrected chi connectivity index (χ3v) is 2.98. The second-order valence-electron chi connectivity index (χ2n) is 4.02. The zero-order valence-corrected chi connectivity index (χ0v) is 10.1. The topological polar surface area (TPSA) is 37.4 Å². The van der Waals surface area contributed by atoms with E-state index >= 15 is 0 Å². The third kappa shape index (κ3) is 2.00. The first-order chi connectivity index (χ1) is 8.17. The summed E-state index contributed by atoms with van der Waals surface area (Å²) in [6.45, 7) is 4.11. The fourth-order valence-electron chi connectivity index (χ4n) is 2.00. The van der Waals surface area contributed by atoms with Crippen LogP contribution in [0.15, 0.2) is 30.4 Å². The Morgan fingerprint density at radius 1 is 1.00 bits per heavy atom. The number of aryl methyl sites for hydroxylation is 2. The average Bonchev–Trinajstić information content (AvgIpc) is 2.68. The molecule has 2 rings (SSSR count). The van der Waals surface area contributed by atoms with Crippen molar-refractivity contribution in [2.45, 2.75) is 26.7 Å². The van der Waals surface area contributed by atoms with Crippen molar-refractivity contribution in [3.05, 3.63) is 41.5 Å². The Hall–Kier alpha value is -1.90. The minimum atomic E-state index is -0.256. The van der Waals surface area contributed by atoms with Crippen LogP contribution in [0.25, 0.3) is 0 Å². The molecule has 0 aliphatic carbocycles. The first kappa shape index (κ1) is 11.6. The lowest BCUT2D eigenvalue weighted by Gasteiger charge is -2.18. The second kappa shape index (κ2) is 4.53. The molecule has 88 valence electrons. The molecule has 0 saturated heterocycles. The molecule has 3 heteroatoms. The summed E-state index contributed by atoms with van der Waals surface area (Å²) in [7, 11) is 0. The predicted molar refractivity (Wildman–Crippen MR) is 66.8 cm³/mol. The largest absolute Gasteiger partial charge is 0.269 e. The van der Waals surface area contributed by atoms with Crippen molar-refractivity contribution in [3.63, 3.8) is 0 Å². The van der Waals surface area contributed by atoms with Crippen molar-refractivity contribution in [3.8, 4) is 0 Å². The highest BCUT2D eigenvalue weighted by Crippen LogP contribution is 2.25. The summed E-state index contributed by atoms with van der Waals surface area (Å²) in [5.41, 5.74) is 2.97. The third-order valence-electron chi connectivity index (χ3n) is 2.98. The molecule has 1 heterocycles. The maximum atomic E-state index is 11.6. The number of carbonyl (C=O) groups is 2. The summed E-state index contributed by atoms with van der Waals surface area (Å²) < 4.78 is 0. The van der Waals surface area contributed by atoms with Crippen LogP contribution in [0.2, 0.25) is 0 Å². The van der Waals surface area contributed by atoms with Crippen LogP contribution in [0.4, 0.5) is 5.69 Å². The number of hydrogen-bond donors (Lipinski definition) is 0. The van der Waals surface area contributed by atoms with Crippen LogP contribution >= 0.6 is 0 Å². The molecular weight excluding hydrogens is 214 g/mol. The van der Waals surface area contributed by atoms with E-state index in [0.29, 0.717) is 5.69 Å². The van der Waals surface area contributed by atoms with Crippen LogP contribution in [0.5, 0.6) is 0 Å². The SMILES string of the molecule is CCc1ccc(N2C(=O)C=CC2=O)c(CC)c1. The zero-order valence-electron chi connectivity index (χ0n) is 10.1. The zero-order chi connectivity index (χ0) is 12.4. The molecule has 1 aliphatic heterocycles. The van der Waals surface area contributed by atoms with Gasteiger partial charge in [-0.25, -0.2) is 4.90 Å². The van der Waals surface area contributed by atoms with Gasteiger partial charge in [-0.05, 0) is 30.0 Å². The van der Waals surface area contributed by atoms with Gasteiger partial charge in [0, 0.05) is 12.2 Å². The Labute approximate surface area is 101 Å². The quantitative estimate of drug-likeness (QED) is 0.745. The lowest BCUT2D eigenvalue weighted by atomic mass is 10.0. The Balaban J connectivity index is 2.45. The number of carbonyl (C=O) groups excluding carboxylic acids is 2. The van der Waals surface area contributed by atoms with Gasteiger partial charge < -0.3 is 0 Å². The Morgan fingerprint density at radius 3 is 2.18 bits per heavy atom. The Kier molecular flexibility index (Phi) is 3.09. The molecule has 0 radical (unpaired) electrons. The van der Waals surface area contributed by atoms with Crippen molar-refractivity contribution in [1.82, 2.24) is 0 Å². The van der Waals surface area contributed by atoms with Gasteiger partial charge in [0.05, 0.1) is 5.69 Å². The van der Waals surface area contributed by atoms with Gasteiger partial charge in [0.2, 0.25) is 0 Å². The number of benzene rings is 1. The molecule has 0 bridgehead atoms. The molecule has 0 aromatic heterocycles. The highest BCUT2D eigenvalue weighted by atomic mass is 16.2. The summed E-state index contributed by atoms with van der Waals surface area (Å²) in [5.74, 6) is -0.511. The molecule has 1 aromatic rings. The Bertz CT molecular complexity index is 485. The van der Waals surface area contributed by atoms with Gasteiger partial charge in [-0.2, -0.15) is 0 Å². The van der Waals surface area contributed by atoms with E-state index in [1.165, 1.54) is 22.6 Å². The van der Waals surface area contributed by atoms with Gasteiger partial charge in [-0.3, -0.25) is 9.59 Å². The minimum Gasteiger partial charge on any atom is -0.269 e.